The van der Waals surface area contributed by atoms with Crippen molar-refractivity contribution in [1.29, 1.82) is 0 Å². The first-order chi connectivity index (χ1) is 17.6. The number of carbonyl (C=O) groups is 3. The third-order valence-corrected chi connectivity index (χ3v) is 7.97. The quantitative estimate of drug-likeness (QED) is 0.665. The van der Waals surface area contributed by atoms with Crippen LogP contribution in [-0.2, 0) is 22.6 Å². The number of hydrogen-bond donors (Lipinski definition) is 2. The number of fused-ring (bicyclic) bond motifs is 2. The van der Waals surface area contributed by atoms with E-state index in [-0.39, 0.29) is 35.7 Å². The van der Waals surface area contributed by atoms with Crippen LogP contribution >= 0.6 is 0 Å². The Balaban J connectivity index is 1.36. The highest BCUT2D eigenvalue weighted by Gasteiger charge is 2.46. The Morgan fingerprint density at radius 1 is 0.861 bits per heavy atom. The topological polar surface area (TPSA) is 81.8 Å². The van der Waals surface area contributed by atoms with E-state index < -0.39 is 0 Å². The molecule has 2 fully saturated rings. The fourth-order valence-electron chi connectivity index (χ4n) is 6.02. The number of rotatable bonds is 2. The second-order valence-corrected chi connectivity index (χ2v) is 10.3. The van der Waals surface area contributed by atoms with Crippen molar-refractivity contribution in [3.8, 4) is 0 Å². The van der Waals surface area contributed by atoms with E-state index in [9.17, 15) is 14.4 Å². The number of benzene rings is 2. The molecule has 190 valence electrons. The summed E-state index contributed by atoms with van der Waals surface area (Å²) in [5.41, 5.74) is 3.24. The molecule has 1 saturated carbocycles. The first-order valence-corrected chi connectivity index (χ1v) is 13.4. The molecule has 5 rings (SSSR count). The van der Waals surface area contributed by atoms with E-state index >= 15 is 0 Å². The zero-order valence-electron chi connectivity index (χ0n) is 20.8. The molecule has 7 nitrogen and oxygen atoms in total. The van der Waals surface area contributed by atoms with Gasteiger partial charge in [0.05, 0.1) is 5.92 Å². The molecule has 2 N–H and O–H groups in total. The number of nitrogens with zero attached hydrogens (tertiary/aromatic N) is 2. The predicted octanol–water partition coefficient (Wildman–Crippen LogP) is 4.19. The van der Waals surface area contributed by atoms with Crippen molar-refractivity contribution in [2.24, 2.45) is 11.8 Å². The summed E-state index contributed by atoms with van der Waals surface area (Å²) in [7, 11) is 0. The van der Waals surface area contributed by atoms with Gasteiger partial charge in [-0.1, -0.05) is 55.3 Å². The van der Waals surface area contributed by atoms with Crippen molar-refractivity contribution in [2.75, 3.05) is 25.0 Å². The molecule has 2 heterocycles. The Hall–Kier alpha value is -3.35. The second-order valence-electron chi connectivity index (χ2n) is 10.3. The summed E-state index contributed by atoms with van der Waals surface area (Å²) < 4.78 is 0. The van der Waals surface area contributed by atoms with Crippen LogP contribution < -0.4 is 10.6 Å². The summed E-state index contributed by atoms with van der Waals surface area (Å²) >= 11 is 0. The zero-order chi connectivity index (χ0) is 24.9. The summed E-state index contributed by atoms with van der Waals surface area (Å²) in [6, 6.07) is 17.2. The second kappa shape index (κ2) is 11.1. The van der Waals surface area contributed by atoms with E-state index in [0.717, 1.165) is 37.8 Å². The number of anilines is 1. The number of nitrogens with one attached hydrogen (secondary N) is 2. The van der Waals surface area contributed by atoms with Crippen LogP contribution in [0.1, 0.15) is 49.7 Å². The molecule has 0 bridgehead atoms. The van der Waals surface area contributed by atoms with Crippen molar-refractivity contribution >= 4 is 23.5 Å². The number of carbonyl (C=O) groups excluding carboxylic acids is 3. The minimum absolute atomic E-state index is 0.0290. The average molecular weight is 489 g/mol. The van der Waals surface area contributed by atoms with E-state index in [4.69, 9.17) is 0 Å². The lowest BCUT2D eigenvalue weighted by Gasteiger charge is -2.33. The Kier molecular flexibility index (Phi) is 7.54. The van der Waals surface area contributed by atoms with Crippen LogP contribution in [0.5, 0.6) is 0 Å². The summed E-state index contributed by atoms with van der Waals surface area (Å²) in [4.78, 5) is 44.2. The van der Waals surface area contributed by atoms with Crippen molar-refractivity contribution in [2.45, 2.75) is 57.5 Å². The lowest BCUT2D eigenvalue weighted by molar-refractivity contribution is -0.136. The highest BCUT2D eigenvalue weighted by Crippen LogP contribution is 2.38. The number of urea groups is 1. The van der Waals surface area contributed by atoms with Crippen molar-refractivity contribution < 1.29 is 14.4 Å². The van der Waals surface area contributed by atoms with Gasteiger partial charge in [-0.3, -0.25) is 9.59 Å². The molecule has 3 aliphatic rings. The van der Waals surface area contributed by atoms with Gasteiger partial charge in [-0.2, -0.15) is 0 Å². The average Bonchev–Trinajstić information content (AvgIpc) is 3.34. The number of para-hydroxylation sites is 1. The molecule has 36 heavy (non-hydrogen) atoms. The van der Waals surface area contributed by atoms with Gasteiger partial charge < -0.3 is 20.4 Å². The monoisotopic (exact) mass is 488 g/mol. The van der Waals surface area contributed by atoms with Crippen molar-refractivity contribution in [3.63, 3.8) is 0 Å². The fraction of sp³-hybridized carbons (Fsp3) is 0.483. The minimum Gasteiger partial charge on any atom is -0.356 e. The van der Waals surface area contributed by atoms with Crippen LogP contribution in [0.3, 0.4) is 0 Å². The van der Waals surface area contributed by atoms with Gasteiger partial charge in [0.15, 0.2) is 0 Å². The van der Waals surface area contributed by atoms with Gasteiger partial charge in [-0.05, 0) is 55.4 Å². The van der Waals surface area contributed by atoms with Crippen molar-refractivity contribution in [1.82, 2.24) is 15.1 Å². The minimum atomic E-state index is -0.379. The molecule has 4 amide bonds. The van der Waals surface area contributed by atoms with Gasteiger partial charge in [0, 0.05) is 43.8 Å². The Bertz CT molecular complexity index is 1090. The van der Waals surface area contributed by atoms with Crippen LogP contribution in [0.25, 0.3) is 0 Å². The maximum Gasteiger partial charge on any atom is 0.322 e. The Labute approximate surface area is 213 Å². The lowest BCUT2D eigenvalue weighted by Crippen LogP contribution is -2.49. The normalized spacial score (nSPS) is 24.7. The molecule has 2 aliphatic heterocycles. The third-order valence-electron chi connectivity index (χ3n) is 7.97. The SMILES string of the molecule is O=C1NCCCCCCN(C(=O)Nc2ccccc2)[C@H]2C[C@H](C(=O)N3CCc4ccccc4C3)C[C@@H]12. The molecule has 2 aromatic rings. The van der Waals surface area contributed by atoms with Crippen LogP contribution in [-0.4, -0.2) is 53.3 Å². The van der Waals surface area contributed by atoms with Gasteiger partial charge in [-0.15, -0.1) is 0 Å². The summed E-state index contributed by atoms with van der Waals surface area (Å²) in [5.74, 6) is -0.555. The predicted molar refractivity (Wildman–Crippen MR) is 139 cm³/mol. The van der Waals surface area contributed by atoms with E-state index in [1.54, 1.807) is 0 Å². The summed E-state index contributed by atoms with van der Waals surface area (Å²) in [6.45, 7) is 2.56. The Morgan fingerprint density at radius 3 is 2.44 bits per heavy atom. The van der Waals surface area contributed by atoms with E-state index in [1.165, 1.54) is 11.1 Å². The largest absolute Gasteiger partial charge is 0.356 e. The van der Waals surface area contributed by atoms with Crippen LogP contribution in [0.4, 0.5) is 10.5 Å². The molecular formula is C29H36N4O3. The zero-order valence-corrected chi connectivity index (χ0v) is 20.8. The van der Waals surface area contributed by atoms with Gasteiger partial charge in [0.25, 0.3) is 0 Å². The van der Waals surface area contributed by atoms with Gasteiger partial charge in [-0.25, -0.2) is 4.79 Å². The fourth-order valence-corrected chi connectivity index (χ4v) is 6.02. The maximum atomic E-state index is 13.7. The molecule has 2 aromatic carbocycles. The summed E-state index contributed by atoms with van der Waals surface area (Å²) in [6.07, 6.45) is 5.74. The molecule has 0 spiro atoms. The lowest BCUT2D eigenvalue weighted by atomic mass is 9.97. The molecule has 3 atom stereocenters. The van der Waals surface area contributed by atoms with Gasteiger partial charge in [0.2, 0.25) is 11.8 Å². The first kappa shape index (κ1) is 24.3. The van der Waals surface area contributed by atoms with Crippen LogP contribution in [0.15, 0.2) is 54.6 Å². The van der Waals surface area contributed by atoms with Crippen LogP contribution in [0, 0.1) is 11.8 Å². The molecule has 1 saturated heterocycles. The van der Waals surface area contributed by atoms with E-state index in [2.05, 4.69) is 22.8 Å². The molecule has 0 radical (unpaired) electrons. The first-order valence-electron chi connectivity index (χ1n) is 13.4. The van der Waals surface area contributed by atoms with E-state index in [0.29, 0.717) is 39.0 Å². The standard InChI is InChI=1S/C29H36N4O3/c34-27-25-18-23(28(35)32-17-14-21-10-6-7-11-22(21)20-32)19-26(25)33(16-9-2-1-8-15-30-27)29(36)31-24-12-4-3-5-13-24/h3-7,10-13,23,25-26H,1-2,8-9,14-20H2,(H,30,34)(H,31,36)/t23-,25-,26+/m1/s1. The van der Waals surface area contributed by atoms with Crippen molar-refractivity contribution in [3.05, 3.63) is 65.7 Å². The Morgan fingerprint density at radius 2 is 1.61 bits per heavy atom. The molecule has 7 heteroatoms. The highest BCUT2D eigenvalue weighted by atomic mass is 16.2. The molecule has 0 aromatic heterocycles. The van der Waals surface area contributed by atoms with Gasteiger partial charge in [0.1, 0.15) is 0 Å². The third kappa shape index (κ3) is 5.40. The molecular weight excluding hydrogens is 452 g/mol. The van der Waals surface area contributed by atoms with E-state index in [1.807, 2.05) is 52.3 Å². The van der Waals surface area contributed by atoms with Crippen LogP contribution in [0.2, 0.25) is 0 Å². The molecule has 1 aliphatic carbocycles. The smallest absolute Gasteiger partial charge is 0.322 e. The maximum absolute atomic E-state index is 13.7. The molecule has 0 unspecified atom stereocenters. The summed E-state index contributed by atoms with van der Waals surface area (Å²) in [5, 5.41) is 6.11. The number of hydrogen-bond acceptors (Lipinski definition) is 3. The highest BCUT2D eigenvalue weighted by molar-refractivity contribution is 5.91. The van der Waals surface area contributed by atoms with Gasteiger partial charge >= 0.3 is 6.03 Å². The number of amides is 4.